The normalized spacial score (nSPS) is 14.5. The summed E-state index contributed by atoms with van der Waals surface area (Å²) in [5.41, 5.74) is 2.15. The molecule has 29 heavy (non-hydrogen) atoms. The first-order valence-electron chi connectivity index (χ1n) is 9.47. The quantitative estimate of drug-likeness (QED) is 0.700. The molecule has 1 aliphatic heterocycles. The van der Waals surface area contributed by atoms with Crippen LogP contribution in [0.25, 0.3) is 0 Å². The molecule has 3 rings (SSSR count). The largest absolute Gasteiger partial charge is 0.342 e. The van der Waals surface area contributed by atoms with E-state index in [0.717, 1.165) is 5.56 Å². The van der Waals surface area contributed by atoms with Gasteiger partial charge in [0.15, 0.2) is 5.78 Å². The number of ketones is 1. The maximum atomic E-state index is 12.7. The molecule has 0 bridgehead atoms. The fourth-order valence-corrected chi connectivity index (χ4v) is 3.77. The minimum Gasteiger partial charge on any atom is -0.342 e. The Morgan fingerprint density at radius 3 is 2.24 bits per heavy atom. The molecule has 0 aliphatic carbocycles. The number of likely N-dealkylation sites (tertiary alicyclic amines) is 1. The standard InChI is InChI=1S/C22H22Cl2N2O3/c1-14(27)25-18-5-2-15(3-6-18)12-21(28)26-10-8-16(9-11-26)22(29)17-4-7-19(23)20(24)13-17/h2-7,13,16H,8-12H2,1H3,(H,25,27). The van der Waals surface area contributed by atoms with Crippen molar-refractivity contribution < 1.29 is 14.4 Å². The first-order chi connectivity index (χ1) is 13.8. The molecule has 2 aromatic rings. The van der Waals surface area contributed by atoms with E-state index in [1.54, 1.807) is 35.2 Å². The van der Waals surface area contributed by atoms with Crippen molar-refractivity contribution in [2.24, 2.45) is 5.92 Å². The molecule has 5 nitrogen and oxygen atoms in total. The molecule has 1 aliphatic rings. The second kappa shape index (κ2) is 9.42. The predicted molar refractivity (Wildman–Crippen MR) is 115 cm³/mol. The Morgan fingerprint density at radius 2 is 1.66 bits per heavy atom. The predicted octanol–water partition coefficient (Wildman–Crippen LogP) is 4.62. The minimum atomic E-state index is -0.132. The summed E-state index contributed by atoms with van der Waals surface area (Å²) in [4.78, 5) is 38.2. The topological polar surface area (TPSA) is 66.5 Å². The second-order valence-electron chi connectivity index (χ2n) is 7.20. The number of hydrogen-bond donors (Lipinski definition) is 1. The third kappa shape index (κ3) is 5.58. The maximum Gasteiger partial charge on any atom is 0.226 e. The summed E-state index contributed by atoms with van der Waals surface area (Å²) in [6, 6.07) is 12.2. The van der Waals surface area contributed by atoms with Crippen LogP contribution in [-0.4, -0.2) is 35.6 Å². The van der Waals surface area contributed by atoms with Crippen LogP contribution in [0, 0.1) is 5.92 Å². The fourth-order valence-electron chi connectivity index (χ4n) is 3.47. The lowest BCUT2D eigenvalue weighted by Crippen LogP contribution is -2.41. The van der Waals surface area contributed by atoms with Crippen LogP contribution in [0.15, 0.2) is 42.5 Å². The van der Waals surface area contributed by atoms with Crippen molar-refractivity contribution in [2.45, 2.75) is 26.2 Å². The molecule has 7 heteroatoms. The van der Waals surface area contributed by atoms with Crippen LogP contribution in [0.2, 0.25) is 10.0 Å². The zero-order valence-electron chi connectivity index (χ0n) is 16.1. The Kier molecular flexibility index (Phi) is 6.93. The lowest BCUT2D eigenvalue weighted by molar-refractivity contribution is -0.131. The van der Waals surface area contributed by atoms with Crippen LogP contribution in [0.5, 0.6) is 0 Å². The van der Waals surface area contributed by atoms with Crippen LogP contribution in [0.4, 0.5) is 5.69 Å². The van der Waals surface area contributed by atoms with Gasteiger partial charge in [-0.3, -0.25) is 14.4 Å². The highest BCUT2D eigenvalue weighted by molar-refractivity contribution is 6.42. The van der Waals surface area contributed by atoms with Crippen molar-refractivity contribution in [3.63, 3.8) is 0 Å². The van der Waals surface area contributed by atoms with Gasteiger partial charge >= 0.3 is 0 Å². The van der Waals surface area contributed by atoms with E-state index in [9.17, 15) is 14.4 Å². The number of carbonyl (C=O) groups excluding carboxylic acids is 3. The summed E-state index contributed by atoms with van der Waals surface area (Å²) in [7, 11) is 0. The monoisotopic (exact) mass is 432 g/mol. The van der Waals surface area contributed by atoms with E-state index in [2.05, 4.69) is 5.32 Å². The summed E-state index contributed by atoms with van der Waals surface area (Å²) in [5.74, 6) is -0.165. The lowest BCUT2D eigenvalue weighted by Gasteiger charge is -2.31. The number of anilines is 1. The molecular formula is C22H22Cl2N2O3. The highest BCUT2D eigenvalue weighted by Gasteiger charge is 2.28. The summed E-state index contributed by atoms with van der Waals surface area (Å²) in [6.07, 6.45) is 1.56. The van der Waals surface area contributed by atoms with Gasteiger partial charge < -0.3 is 10.2 Å². The summed E-state index contributed by atoms with van der Waals surface area (Å²) in [5, 5.41) is 3.50. The number of Topliss-reactive ketones (excluding diaryl/α,β-unsaturated/α-hetero) is 1. The summed E-state index contributed by atoms with van der Waals surface area (Å²) >= 11 is 11.9. The zero-order valence-corrected chi connectivity index (χ0v) is 17.6. The van der Waals surface area contributed by atoms with Crippen LogP contribution < -0.4 is 5.32 Å². The van der Waals surface area contributed by atoms with E-state index < -0.39 is 0 Å². The fraction of sp³-hybridized carbons (Fsp3) is 0.318. The van der Waals surface area contributed by atoms with Crippen molar-refractivity contribution in [3.05, 3.63) is 63.6 Å². The molecule has 2 amide bonds. The van der Waals surface area contributed by atoms with Gasteiger partial charge in [-0.2, -0.15) is 0 Å². The third-order valence-corrected chi connectivity index (χ3v) is 5.79. The molecule has 0 saturated carbocycles. The molecular weight excluding hydrogens is 411 g/mol. The van der Waals surface area contributed by atoms with Gasteiger partial charge in [0.2, 0.25) is 11.8 Å². The van der Waals surface area contributed by atoms with Gasteiger partial charge in [0.05, 0.1) is 16.5 Å². The third-order valence-electron chi connectivity index (χ3n) is 5.05. The van der Waals surface area contributed by atoms with Crippen molar-refractivity contribution in [2.75, 3.05) is 18.4 Å². The molecule has 152 valence electrons. The number of benzene rings is 2. The maximum absolute atomic E-state index is 12.7. The van der Waals surface area contributed by atoms with E-state index in [0.29, 0.717) is 53.6 Å². The first kappa shape index (κ1) is 21.3. The lowest BCUT2D eigenvalue weighted by atomic mass is 9.88. The number of rotatable bonds is 5. The number of nitrogens with zero attached hydrogens (tertiary/aromatic N) is 1. The van der Waals surface area contributed by atoms with E-state index in [1.165, 1.54) is 6.92 Å². The van der Waals surface area contributed by atoms with Crippen molar-refractivity contribution >= 4 is 46.5 Å². The van der Waals surface area contributed by atoms with E-state index in [1.807, 2.05) is 12.1 Å². The number of nitrogens with one attached hydrogen (secondary N) is 1. The molecule has 0 atom stereocenters. The van der Waals surface area contributed by atoms with Crippen LogP contribution >= 0.6 is 23.2 Å². The van der Waals surface area contributed by atoms with Gasteiger partial charge in [0.1, 0.15) is 0 Å². The summed E-state index contributed by atoms with van der Waals surface area (Å²) in [6.45, 7) is 2.56. The van der Waals surface area contributed by atoms with Crippen molar-refractivity contribution in [1.82, 2.24) is 4.90 Å². The SMILES string of the molecule is CC(=O)Nc1ccc(CC(=O)N2CCC(C(=O)c3ccc(Cl)c(Cl)c3)CC2)cc1. The summed E-state index contributed by atoms with van der Waals surface area (Å²) < 4.78 is 0. The highest BCUT2D eigenvalue weighted by Crippen LogP contribution is 2.27. The number of amides is 2. The molecule has 1 saturated heterocycles. The van der Waals surface area contributed by atoms with Crippen LogP contribution in [0.1, 0.15) is 35.7 Å². The number of piperidine rings is 1. The number of hydrogen-bond acceptors (Lipinski definition) is 3. The Bertz CT molecular complexity index is 920. The van der Waals surface area contributed by atoms with Gasteiger partial charge in [0.25, 0.3) is 0 Å². The molecule has 2 aromatic carbocycles. The molecule has 0 unspecified atom stereocenters. The Hall–Kier alpha value is -2.37. The first-order valence-corrected chi connectivity index (χ1v) is 10.2. The zero-order chi connectivity index (χ0) is 21.0. The van der Waals surface area contributed by atoms with Crippen molar-refractivity contribution in [1.29, 1.82) is 0 Å². The average Bonchev–Trinajstić information content (AvgIpc) is 2.70. The highest BCUT2D eigenvalue weighted by atomic mass is 35.5. The minimum absolute atomic E-state index is 0.0395. The smallest absolute Gasteiger partial charge is 0.226 e. The van der Waals surface area contributed by atoms with E-state index in [-0.39, 0.29) is 23.5 Å². The van der Waals surface area contributed by atoms with E-state index >= 15 is 0 Å². The molecule has 0 aromatic heterocycles. The molecule has 1 N–H and O–H groups in total. The Labute approximate surface area is 180 Å². The van der Waals surface area contributed by atoms with Gasteiger partial charge in [-0.05, 0) is 48.7 Å². The van der Waals surface area contributed by atoms with Gasteiger partial charge in [-0.1, -0.05) is 35.3 Å². The van der Waals surface area contributed by atoms with Crippen LogP contribution in [0.3, 0.4) is 0 Å². The Morgan fingerprint density at radius 1 is 1.00 bits per heavy atom. The Balaban J connectivity index is 1.53. The molecule has 0 spiro atoms. The van der Waals surface area contributed by atoms with Gasteiger partial charge in [0, 0.05) is 37.2 Å². The number of carbonyl (C=O) groups is 3. The van der Waals surface area contributed by atoms with Gasteiger partial charge in [-0.15, -0.1) is 0 Å². The number of halogens is 2. The van der Waals surface area contributed by atoms with Gasteiger partial charge in [-0.25, -0.2) is 0 Å². The molecule has 1 heterocycles. The van der Waals surface area contributed by atoms with Crippen molar-refractivity contribution in [3.8, 4) is 0 Å². The van der Waals surface area contributed by atoms with E-state index in [4.69, 9.17) is 23.2 Å². The second-order valence-corrected chi connectivity index (χ2v) is 8.02. The molecule has 0 radical (unpaired) electrons. The average molecular weight is 433 g/mol. The van der Waals surface area contributed by atoms with Crippen LogP contribution in [-0.2, 0) is 16.0 Å². The molecule has 1 fully saturated rings.